The second-order valence-electron chi connectivity index (χ2n) is 4.90. The molecule has 2 heterocycles. The summed E-state index contributed by atoms with van der Waals surface area (Å²) in [6, 6.07) is 0. The molecule has 1 aromatic rings. The molecule has 1 unspecified atom stereocenters. The van der Waals surface area contributed by atoms with E-state index in [0.29, 0.717) is 18.3 Å². The Morgan fingerprint density at radius 3 is 2.95 bits per heavy atom. The molecule has 1 fully saturated rings. The summed E-state index contributed by atoms with van der Waals surface area (Å²) in [7, 11) is -3.53. The van der Waals surface area contributed by atoms with E-state index in [2.05, 4.69) is 20.2 Å². The van der Waals surface area contributed by atoms with Gasteiger partial charge in [0.1, 0.15) is 0 Å². The first-order valence-electron chi connectivity index (χ1n) is 6.90. The first-order chi connectivity index (χ1) is 9.54. The van der Waals surface area contributed by atoms with Crippen LogP contribution in [-0.2, 0) is 16.6 Å². The largest absolute Gasteiger partial charge is 0.313 e. The van der Waals surface area contributed by atoms with Gasteiger partial charge < -0.3 is 5.32 Å². The molecular formula is C12H22N4O2S2. The number of H-pyrrole nitrogens is 1. The van der Waals surface area contributed by atoms with E-state index in [1.807, 2.05) is 25.6 Å². The molecular weight excluding hydrogens is 296 g/mol. The Morgan fingerprint density at radius 2 is 2.30 bits per heavy atom. The van der Waals surface area contributed by atoms with Gasteiger partial charge in [-0.1, -0.05) is 6.92 Å². The van der Waals surface area contributed by atoms with Gasteiger partial charge in [-0.2, -0.15) is 16.9 Å². The monoisotopic (exact) mass is 318 g/mol. The van der Waals surface area contributed by atoms with E-state index in [0.717, 1.165) is 30.0 Å². The van der Waals surface area contributed by atoms with Crippen molar-refractivity contribution in [1.82, 2.24) is 20.2 Å². The van der Waals surface area contributed by atoms with Crippen molar-refractivity contribution in [2.24, 2.45) is 0 Å². The topological polar surface area (TPSA) is 86.9 Å². The Bertz CT molecular complexity index is 536. The second-order valence-corrected chi connectivity index (χ2v) is 7.99. The summed E-state index contributed by atoms with van der Waals surface area (Å²) in [5, 5.41) is 10.4. The lowest BCUT2D eigenvalue weighted by molar-refractivity contribution is 0.572. The lowest BCUT2D eigenvalue weighted by Crippen LogP contribution is -2.31. The van der Waals surface area contributed by atoms with Crippen molar-refractivity contribution >= 4 is 21.8 Å². The molecule has 20 heavy (non-hydrogen) atoms. The molecule has 0 aliphatic carbocycles. The van der Waals surface area contributed by atoms with Crippen LogP contribution in [0.1, 0.15) is 31.0 Å². The van der Waals surface area contributed by atoms with Gasteiger partial charge in [0, 0.05) is 29.6 Å². The molecule has 3 N–H and O–H groups in total. The van der Waals surface area contributed by atoms with Crippen LogP contribution >= 0.6 is 11.8 Å². The number of hydrogen-bond donors (Lipinski definition) is 3. The van der Waals surface area contributed by atoms with Crippen LogP contribution in [0.3, 0.4) is 0 Å². The summed E-state index contributed by atoms with van der Waals surface area (Å²) in [6.45, 7) is 5.60. The van der Waals surface area contributed by atoms with Gasteiger partial charge in [-0.25, -0.2) is 13.1 Å². The van der Waals surface area contributed by atoms with Crippen molar-refractivity contribution < 1.29 is 8.42 Å². The number of nitrogens with one attached hydrogen (secondary N) is 3. The maximum atomic E-state index is 12.4. The molecule has 114 valence electrons. The molecule has 0 bridgehead atoms. The van der Waals surface area contributed by atoms with E-state index in [9.17, 15) is 8.42 Å². The molecule has 1 saturated heterocycles. The normalized spacial score (nSPS) is 19.6. The van der Waals surface area contributed by atoms with Crippen LogP contribution in [-0.4, -0.2) is 42.7 Å². The van der Waals surface area contributed by atoms with Crippen LogP contribution in [0.15, 0.2) is 5.03 Å². The van der Waals surface area contributed by atoms with Crippen LogP contribution in [0.5, 0.6) is 0 Å². The van der Waals surface area contributed by atoms with E-state index < -0.39 is 10.0 Å². The average Bonchev–Trinajstić information content (AvgIpc) is 3.04. The van der Waals surface area contributed by atoms with Crippen molar-refractivity contribution in [2.45, 2.75) is 43.5 Å². The van der Waals surface area contributed by atoms with Crippen molar-refractivity contribution in [3.8, 4) is 0 Å². The highest BCUT2D eigenvalue weighted by Gasteiger charge is 2.25. The third-order valence-corrected chi connectivity index (χ3v) is 6.16. The van der Waals surface area contributed by atoms with Crippen molar-refractivity contribution in [3.05, 3.63) is 11.3 Å². The van der Waals surface area contributed by atoms with Crippen LogP contribution in [0.2, 0.25) is 0 Å². The maximum absolute atomic E-state index is 12.4. The standard InChI is InChI=1S/C12H22N4O2S2/c1-3-13-8-11-9(2)15-16-12(11)20(17,18)14-7-10-5-4-6-19-10/h10,13-14H,3-8H2,1-2H3,(H,15,16). The molecule has 0 amide bonds. The summed E-state index contributed by atoms with van der Waals surface area (Å²) < 4.78 is 27.4. The van der Waals surface area contributed by atoms with Gasteiger partial charge in [-0.3, -0.25) is 5.10 Å². The fraction of sp³-hybridized carbons (Fsp3) is 0.750. The number of hydrogen-bond acceptors (Lipinski definition) is 5. The fourth-order valence-corrected chi connectivity index (χ4v) is 4.77. The van der Waals surface area contributed by atoms with Gasteiger partial charge in [-0.05, 0) is 32.1 Å². The van der Waals surface area contributed by atoms with E-state index >= 15 is 0 Å². The predicted molar refractivity (Wildman–Crippen MR) is 81.4 cm³/mol. The number of thioether (sulfide) groups is 1. The van der Waals surface area contributed by atoms with E-state index in [1.54, 1.807) is 0 Å². The highest BCUT2D eigenvalue weighted by atomic mass is 32.2. The molecule has 1 atom stereocenters. The molecule has 1 aromatic heterocycles. The molecule has 0 saturated carbocycles. The van der Waals surface area contributed by atoms with Crippen LogP contribution < -0.4 is 10.0 Å². The van der Waals surface area contributed by atoms with Gasteiger partial charge in [0.15, 0.2) is 5.03 Å². The minimum Gasteiger partial charge on any atom is -0.313 e. The molecule has 1 aliphatic heterocycles. The highest BCUT2D eigenvalue weighted by molar-refractivity contribution is 8.00. The number of aromatic nitrogens is 2. The van der Waals surface area contributed by atoms with Crippen molar-refractivity contribution in [3.63, 3.8) is 0 Å². The van der Waals surface area contributed by atoms with Gasteiger partial charge in [0.05, 0.1) is 0 Å². The number of aromatic amines is 1. The third-order valence-electron chi connectivity index (χ3n) is 3.37. The van der Waals surface area contributed by atoms with Gasteiger partial charge in [0.2, 0.25) is 0 Å². The summed E-state index contributed by atoms with van der Waals surface area (Å²) >= 11 is 1.83. The molecule has 6 nitrogen and oxygen atoms in total. The van der Waals surface area contributed by atoms with Crippen LogP contribution in [0.4, 0.5) is 0 Å². The average molecular weight is 318 g/mol. The third kappa shape index (κ3) is 3.75. The van der Waals surface area contributed by atoms with Crippen molar-refractivity contribution in [2.75, 3.05) is 18.8 Å². The predicted octanol–water partition coefficient (Wildman–Crippen LogP) is 1.00. The fourth-order valence-electron chi connectivity index (χ4n) is 2.19. The lowest BCUT2D eigenvalue weighted by Gasteiger charge is -2.11. The van der Waals surface area contributed by atoms with E-state index in [-0.39, 0.29) is 5.03 Å². The van der Waals surface area contributed by atoms with Gasteiger partial charge in [-0.15, -0.1) is 0 Å². The Kier molecular flexibility index (Phi) is 5.48. The Hall–Kier alpha value is -0.570. The molecule has 1 aliphatic rings. The minimum absolute atomic E-state index is 0.124. The van der Waals surface area contributed by atoms with E-state index in [1.165, 1.54) is 6.42 Å². The zero-order valence-electron chi connectivity index (χ0n) is 11.9. The summed E-state index contributed by atoms with van der Waals surface area (Å²) in [5.41, 5.74) is 1.51. The Morgan fingerprint density at radius 1 is 1.50 bits per heavy atom. The lowest BCUT2D eigenvalue weighted by atomic mass is 10.2. The van der Waals surface area contributed by atoms with Gasteiger partial charge in [0.25, 0.3) is 10.0 Å². The number of rotatable bonds is 7. The molecule has 0 aromatic carbocycles. The SMILES string of the molecule is CCNCc1c(S(=O)(=O)NCC2CCCS2)n[nH]c1C. The second kappa shape index (κ2) is 6.93. The zero-order chi connectivity index (χ0) is 14.6. The van der Waals surface area contributed by atoms with Crippen molar-refractivity contribution in [1.29, 1.82) is 0 Å². The summed E-state index contributed by atoms with van der Waals surface area (Å²) in [6.07, 6.45) is 2.25. The zero-order valence-corrected chi connectivity index (χ0v) is 13.5. The Balaban J connectivity index is 2.07. The maximum Gasteiger partial charge on any atom is 0.260 e. The Labute approximate surface area is 124 Å². The van der Waals surface area contributed by atoms with Crippen LogP contribution in [0.25, 0.3) is 0 Å². The summed E-state index contributed by atoms with van der Waals surface area (Å²) in [4.78, 5) is 0. The molecule has 8 heteroatoms. The summed E-state index contributed by atoms with van der Waals surface area (Å²) in [5.74, 6) is 1.12. The first-order valence-corrected chi connectivity index (χ1v) is 9.43. The highest BCUT2D eigenvalue weighted by Crippen LogP contribution is 2.26. The minimum atomic E-state index is -3.53. The molecule has 2 rings (SSSR count). The van der Waals surface area contributed by atoms with Crippen LogP contribution in [0, 0.1) is 6.92 Å². The number of aryl methyl sites for hydroxylation is 1. The quantitative estimate of drug-likeness (QED) is 0.698. The smallest absolute Gasteiger partial charge is 0.260 e. The molecule has 0 radical (unpaired) electrons. The van der Waals surface area contributed by atoms with Gasteiger partial charge >= 0.3 is 0 Å². The van der Waals surface area contributed by atoms with E-state index in [4.69, 9.17) is 0 Å². The first kappa shape index (κ1) is 15.8. The number of nitrogens with zero attached hydrogens (tertiary/aromatic N) is 1. The molecule has 0 spiro atoms. The number of sulfonamides is 1.